The van der Waals surface area contributed by atoms with Gasteiger partial charge in [-0.05, 0) is 6.07 Å². The van der Waals surface area contributed by atoms with Gasteiger partial charge in [-0.3, -0.25) is 9.80 Å². The van der Waals surface area contributed by atoms with Gasteiger partial charge < -0.3 is 10.1 Å². The molecule has 110 valence electrons. The van der Waals surface area contributed by atoms with E-state index in [9.17, 15) is 4.39 Å². The lowest BCUT2D eigenvalue weighted by atomic mass is 10.1. The van der Waals surface area contributed by atoms with Crippen LogP contribution in [-0.4, -0.2) is 62.2 Å². The largest absolute Gasteiger partial charge is 0.497 e. The number of ether oxygens (including phenoxy) is 1. The maximum atomic E-state index is 13.9. The van der Waals surface area contributed by atoms with Gasteiger partial charge in [0.1, 0.15) is 11.6 Å². The number of methoxy groups -OCH3 is 1. The molecule has 5 heteroatoms. The van der Waals surface area contributed by atoms with Crippen molar-refractivity contribution in [2.45, 2.75) is 12.6 Å². The van der Waals surface area contributed by atoms with Crippen LogP contribution >= 0.6 is 0 Å². The Labute approximate surface area is 119 Å². The topological polar surface area (TPSA) is 27.7 Å². The summed E-state index contributed by atoms with van der Waals surface area (Å²) >= 11 is 0. The van der Waals surface area contributed by atoms with E-state index in [4.69, 9.17) is 4.74 Å². The second kappa shape index (κ2) is 6.08. The quantitative estimate of drug-likeness (QED) is 0.887. The van der Waals surface area contributed by atoms with Gasteiger partial charge in [-0.2, -0.15) is 0 Å². The predicted molar refractivity (Wildman–Crippen MR) is 76.5 cm³/mol. The first kappa shape index (κ1) is 13.8. The number of benzene rings is 1. The van der Waals surface area contributed by atoms with Gasteiger partial charge in [-0.1, -0.05) is 6.07 Å². The highest BCUT2D eigenvalue weighted by atomic mass is 19.1. The smallest absolute Gasteiger partial charge is 0.131 e. The zero-order chi connectivity index (χ0) is 13.9. The van der Waals surface area contributed by atoms with Gasteiger partial charge in [0, 0.05) is 63.5 Å². The highest BCUT2D eigenvalue weighted by Crippen LogP contribution is 2.19. The SMILES string of the molecule is COc1ccc(CN2CCN(C3CNC3)CC2)c(F)c1. The van der Waals surface area contributed by atoms with Crippen molar-refractivity contribution in [1.82, 2.24) is 15.1 Å². The molecule has 2 heterocycles. The fourth-order valence-corrected chi connectivity index (χ4v) is 2.84. The molecule has 4 nitrogen and oxygen atoms in total. The van der Waals surface area contributed by atoms with Crippen LogP contribution in [-0.2, 0) is 6.54 Å². The second-order valence-electron chi connectivity index (χ2n) is 5.58. The van der Waals surface area contributed by atoms with Gasteiger partial charge in [-0.25, -0.2) is 4.39 Å². The van der Waals surface area contributed by atoms with Crippen LogP contribution < -0.4 is 10.1 Å². The summed E-state index contributed by atoms with van der Waals surface area (Å²) in [6.07, 6.45) is 0. The Morgan fingerprint density at radius 2 is 2.00 bits per heavy atom. The minimum Gasteiger partial charge on any atom is -0.497 e. The van der Waals surface area contributed by atoms with E-state index in [2.05, 4.69) is 15.1 Å². The molecule has 0 radical (unpaired) electrons. The number of hydrogen-bond donors (Lipinski definition) is 1. The predicted octanol–water partition coefficient (Wildman–Crippen LogP) is 0.924. The number of nitrogens with zero attached hydrogens (tertiary/aromatic N) is 2. The molecular weight excluding hydrogens is 257 g/mol. The molecule has 1 N–H and O–H groups in total. The summed E-state index contributed by atoms with van der Waals surface area (Å²) in [4.78, 5) is 4.87. The Bertz CT molecular complexity index is 456. The van der Waals surface area contributed by atoms with Gasteiger partial charge in [-0.15, -0.1) is 0 Å². The first-order chi connectivity index (χ1) is 9.76. The highest BCUT2D eigenvalue weighted by molar-refractivity contribution is 5.28. The fraction of sp³-hybridized carbons (Fsp3) is 0.600. The first-order valence-electron chi connectivity index (χ1n) is 7.26. The summed E-state index contributed by atoms with van der Waals surface area (Å²) in [5.74, 6) is 0.406. The molecule has 3 rings (SSSR count). The molecule has 2 aliphatic heterocycles. The van der Waals surface area contributed by atoms with Gasteiger partial charge >= 0.3 is 0 Å². The minimum atomic E-state index is -0.171. The third kappa shape index (κ3) is 2.95. The van der Waals surface area contributed by atoms with Crippen molar-refractivity contribution in [3.8, 4) is 5.75 Å². The highest BCUT2D eigenvalue weighted by Gasteiger charge is 2.27. The summed E-state index contributed by atoms with van der Waals surface area (Å²) in [6.45, 7) is 7.13. The molecule has 1 aromatic rings. The van der Waals surface area contributed by atoms with Crippen molar-refractivity contribution >= 4 is 0 Å². The van der Waals surface area contributed by atoms with E-state index < -0.39 is 0 Å². The van der Waals surface area contributed by atoms with Crippen LogP contribution in [0.3, 0.4) is 0 Å². The molecule has 2 aliphatic rings. The van der Waals surface area contributed by atoms with Crippen molar-refractivity contribution in [1.29, 1.82) is 0 Å². The fourth-order valence-electron chi connectivity index (χ4n) is 2.84. The van der Waals surface area contributed by atoms with Gasteiger partial charge in [0.2, 0.25) is 0 Å². The zero-order valence-electron chi connectivity index (χ0n) is 11.9. The summed E-state index contributed by atoms with van der Waals surface area (Å²) in [7, 11) is 1.56. The molecular formula is C15H22FN3O. The third-order valence-corrected chi connectivity index (χ3v) is 4.34. The first-order valence-corrected chi connectivity index (χ1v) is 7.26. The lowest BCUT2D eigenvalue weighted by molar-refractivity contribution is 0.0691. The van der Waals surface area contributed by atoms with Gasteiger partial charge in [0.15, 0.2) is 0 Å². The van der Waals surface area contributed by atoms with Crippen LogP contribution in [0, 0.1) is 5.82 Å². The summed E-state index contributed by atoms with van der Waals surface area (Å²) in [5, 5.41) is 3.31. The minimum absolute atomic E-state index is 0.171. The van der Waals surface area contributed by atoms with E-state index in [0.29, 0.717) is 12.3 Å². The van der Waals surface area contributed by atoms with Crippen LogP contribution in [0.25, 0.3) is 0 Å². The van der Waals surface area contributed by atoms with E-state index in [1.54, 1.807) is 7.11 Å². The second-order valence-corrected chi connectivity index (χ2v) is 5.58. The summed E-state index contributed by atoms with van der Waals surface area (Å²) in [6, 6.07) is 5.84. The third-order valence-electron chi connectivity index (χ3n) is 4.34. The maximum absolute atomic E-state index is 13.9. The van der Waals surface area contributed by atoms with Crippen LogP contribution in [0.2, 0.25) is 0 Å². The average molecular weight is 279 g/mol. The van der Waals surface area contributed by atoms with Crippen molar-refractivity contribution < 1.29 is 9.13 Å². The van der Waals surface area contributed by atoms with Crippen LogP contribution in [0.5, 0.6) is 5.75 Å². The molecule has 2 saturated heterocycles. The Morgan fingerprint density at radius 3 is 2.55 bits per heavy atom. The van der Waals surface area contributed by atoms with Gasteiger partial charge in [0.25, 0.3) is 0 Å². The van der Waals surface area contributed by atoms with Crippen LogP contribution in [0.15, 0.2) is 18.2 Å². The molecule has 0 saturated carbocycles. The standard InChI is InChI=1S/C15H22FN3O/c1-20-14-3-2-12(15(16)8-14)11-18-4-6-19(7-5-18)13-9-17-10-13/h2-3,8,13,17H,4-7,9-11H2,1H3. The van der Waals surface area contributed by atoms with E-state index in [0.717, 1.165) is 50.9 Å². The molecule has 0 unspecified atom stereocenters. The summed E-state index contributed by atoms with van der Waals surface area (Å²) in [5.41, 5.74) is 0.754. The molecule has 0 bridgehead atoms. The zero-order valence-corrected chi connectivity index (χ0v) is 11.9. The number of nitrogens with one attached hydrogen (secondary N) is 1. The number of hydrogen-bond acceptors (Lipinski definition) is 4. The van der Waals surface area contributed by atoms with E-state index in [1.165, 1.54) is 6.07 Å². The molecule has 0 spiro atoms. The lowest BCUT2D eigenvalue weighted by Gasteiger charge is -2.43. The Morgan fingerprint density at radius 1 is 1.25 bits per heavy atom. The number of rotatable bonds is 4. The van der Waals surface area contributed by atoms with Crippen LogP contribution in [0.1, 0.15) is 5.56 Å². The summed E-state index contributed by atoms with van der Waals surface area (Å²) < 4.78 is 19.0. The number of piperazine rings is 1. The van der Waals surface area contributed by atoms with E-state index in [1.807, 2.05) is 12.1 Å². The molecule has 0 amide bonds. The molecule has 0 aromatic heterocycles. The molecule has 2 fully saturated rings. The van der Waals surface area contributed by atoms with Crippen molar-refractivity contribution in [3.63, 3.8) is 0 Å². The normalized spacial score (nSPS) is 21.7. The monoisotopic (exact) mass is 279 g/mol. The van der Waals surface area contributed by atoms with Gasteiger partial charge in [0.05, 0.1) is 7.11 Å². The van der Waals surface area contributed by atoms with E-state index in [-0.39, 0.29) is 5.82 Å². The molecule has 0 atom stereocenters. The molecule has 20 heavy (non-hydrogen) atoms. The van der Waals surface area contributed by atoms with E-state index >= 15 is 0 Å². The van der Waals surface area contributed by atoms with Crippen molar-refractivity contribution in [2.24, 2.45) is 0 Å². The molecule has 1 aromatic carbocycles. The van der Waals surface area contributed by atoms with Crippen molar-refractivity contribution in [3.05, 3.63) is 29.6 Å². The maximum Gasteiger partial charge on any atom is 0.131 e. The Hall–Kier alpha value is -1.17. The average Bonchev–Trinajstić information content (AvgIpc) is 2.41. The number of halogens is 1. The Kier molecular flexibility index (Phi) is 4.19. The Balaban J connectivity index is 1.53. The molecule has 0 aliphatic carbocycles. The van der Waals surface area contributed by atoms with Crippen LogP contribution in [0.4, 0.5) is 4.39 Å². The lowest BCUT2D eigenvalue weighted by Crippen LogP contribution is -2.61. The van der Waals surface area contributed by atoms with Crippen molar-refractivity contribution in [2.75, 3.05) is 46.4 Å².